The highest BCUT2D eigenvalue weighted by Gasteiger charge is 2.28. The summed E-state index contributed by atoms with van der Waals surface area (Å²) in [5.74, 6) is -2.09. The average molecular weight is 348 g/mol. The Hall–Kier alpha value is -2.83. The maximum absolute atomic E-state index is 13.2. The van der Waals surface area contributed by atoms with Crippen molar-refractivity contribution < 1.29 is 22.8 Å². The molecule has 0 aliphatic carbocycles. The lowest BCUT2D eigenvalue weighted by Crippen LogP contribution is -2.36. The van der Waals surface area contributed by atoms with Crippen LogP contribution in [0, 0.1) is 17.5 Å². The molecular formula is C18H15F3N2O2. The third-order valence-electron chi connectivity index (χ3n) is 3.75. The molecule has 1 unspecified atom stereocenters. The van der Waals surface area contributed by atoms with Gasteiger partial charge in [-0.25, -0.2) is 13.2 Å². The van der Waals surface area contributed by atoms with Gasteiger partial charge in [-0.15, -0.1) is 0 Å². The van der Waals surface area contributed by atoms with Gasteiger partial charge in [-0.3, -0.25) is 4.79 Å². The van der Waals surface area contributed by atoms with Crippen molar-refractivity contribution in [1.82, 2.24) is 5.32 Å². The fourth-order valence-corrected chi connectivity index (χ4v) is 2.56. The van der Waals surface area contributed by atoms with Crippen LogP contribution in [0.25, 0.3) is 0 Å². The number of rotatable bonds is 5. The molecule has 1 atom stereocenters. The van der Waals surface area contributed by atoms with Crippen LogP contribution in [0.4, 0.5) is 13.2 Å². The van der Waals surface area contributed by atoms with Crippen LogP contribution >= 0.6 is 0 Å². The first-order valence-electron chi connectivity index (χ1n) is 7.72. The van der Waals surface area contributed by atoms with E-state index in [0.29, 0.717) is 16.8 Å². The van der Waals surface area contributed by atoms with Crippen molar-refractivity contribution in [2.45, 2.75) is 18.9 Å². The summed E-state index contributed by atoms with van der Waals surface area (Å²) in [7, 11) is 0. The van der Waals surface area contributed by atoms with Gasteiger partial charge in [0.1, 0.15) is 17.5 Å². The molecule has 0 aromatic heterocycles. The molecule has 1 heterocycles. The summed E-state index contributed by atoms with van der Waals surface area (Å²) in [6, 6.07) is 9.10. The van der Waals surface area contributed by atoms with E-state index in [4.69, 9.17) is 4.84 Å². The van der Waals surface area contributed by atoms with Crippen molar-refractivity contribution in [2.75, 3.05) is 6.54 Å². The van der Waals surface area contributed by atoms with Gasteiger partial charge in [0.05, 0.1) is 5.71 Å². The Kier molecular flexibility index (Phi) is 5.02. The number of oxime groups is 1. The van der Waals surface area contributed by atoms with Crippen LogP contribution in [-0.4, -0.2) is 24.3 Å². The van der Waals surface area contributed by atoms with Gasteiger partial charge in [-0.2, -0.15) is 0 Å². The van der Waals surface area contributed by atoms with E-state index in [2.05, 4.69) is 10.5 Å². The second kappa shape index (κ2) is 7.38. The molecule has 2 aromatic carbocycles. The van der Waals surface area contributed by atoms with Crippen LogP contribution in [0.1, 0.15) is 17.5 Å². The Morgan fingerprint density at radius 3 is 2.60 bits per heavy atom. The normalized spacial score (nSPS) is 16.3. The van der Waals surface area contributed by atoms with Gasteiger partial charge in [-0.05, 0) is 36.2 Å². The molecule has 4 nitrogen and oxygen atoms in total. The zero-order valence-electron chi connectivity index (χ0n) is 13.1. The molecule has 25 heavy (non-hydrogen) atoms. The summed E-state index contributed by atoms with van der Waals surface area (Å²) >= 11 is 0. The molecule has 1 amide bonds. The van der Waals surface area contributed by atoms with Gasteiger partial charge < -0.3 is 10.2 Å². The van der Waals surface area contributed by atoms with E-state index in [1.807, 2.05) is 0 Å². The highest BCUT2D eigenvalue weighted by molar-refractivity contribution is 6.04. The fraction of sp³-hybridized carbons (Fsp3) is 0.222. The minimum atomic E-state index is -0.803. The van der Waals surface area contributed by atoms with E-state index in [-0.39, 0.29) is 25.3 Å². The standard InChI is InChI=1S/C18H15F3N2O2/c19-13-3-1-2-12(8-13)16-10-17(25-23-16)18(24)22-5-4-11-6-14(20)9-15(21)7-11/h1-3,6-9,17H,4-5,10H2,(H,22,24). The third kappa shape index (κ3) is 4.37. The smallest absolute Gasteiger partial charge is 0.264 e. The molecule has 0 saturated heterocycles. The molecule has 1 N–H and O–H groups in total. The number of nitrogens with zero attached hydrogens (tertiary/aromatic N) is 1. The highest BCUT2D eigenvalue weighted by atomic mass is 19.1. The van der Waals surface area contributed by atoms with E-state index in [1.54, 1.807) is 12.1 Å². The van der Waals surface area contributed by atoms with Crippen molar-refractivity contribution >= 4 is 11.6 Å². The topological polar surface area (TPSA) is 50.7 Å². The number of hydrogen-bond donors (Lipinski definition) is 1. The summed E-state index contributed by atoms with van der Waals surface area (Å²) in [5, 5.41) is 6.47. The molecule has 7 heteroatoms. The SMILES string of the molecule is O=C(NCCc1cc(F)cc(F)c1)C1CC(c2cccc(F)c2)=NO1. The van der Waals surface area contributed by atoms with Gasteiger partial charge in [0.15, 0.2) is 0 Å². The molecule has 1 aliphatic rings. The molecule has 1 aliphatic heterocycles. The molecule has 0 bridgehead atoms. The number of amides is 1. The first-order chi connectivity index (χ1) is 12.0. The van der Waals surface area contributed by atoms with Crippen molar-refractivity contribution in [3.05, 3.63) is 71.0 Å². The molecule has 130 valence electrons. The van der Waals surface area contributed by atoms with Crippen LogP contribution in [0.5, 0.6) is 0 Å². The maximum atomic E-state index is 13.2. The molecule has 0 spiro atoms. The molecular weight excluding hydrogens is 333 g/mol. The zero-order valence-corrected chi connectivity index (χ0v) is 13.1. The lowest BCUT2D eigenvalue weighted by Gasteiger charge is -2.09. The zero-order chi connectivity index (χ0) is 17.8. The van der Waals surface area contributed by atoms with Crippen molar-refractivity contribution in [3.8, 4) is 0 Å². The summed E-state index contributed by atoms with van der Waals surface area (Å²) < 4.78 is 39.4. The Labute approximate surface area is 142 Å². The van der Waals surface area contributed by atoms with Crippen molar-refractivity contribution in [2.24, 2.45) is 5.16 Å². The second-order valence-corrected chi connectivity index (χ2v) is 5.67. The number of nitrogens with one attached hydrogen (secondary N) is 1. The van der Waals surface area contributed by atoms with E-state index in [9.17, 15) is 18.0 Å². The van der Waals surface area contributed by atoms with Crippen LogP contribution in [0.3, 0.4) is 0 Å². The Balaban J connectivity index is 1.50. The van der Waals surface area contributed by atoms with E-state index in [0.717, 1.165) is 6.07 Å². The Morgan fingerprint density at radius 2 is 1.88 bits per heavy atom. The first-order valence-corrected chi connectivity index (χ1v) is 7.72. The van der Waals surface area contributed by atoms with Crippen LogP contribution in [-0.2, 0) is 16.1 Å². The van der Waals surface area contributed by atoms with Crippen molar-refractivity contribution in [3.63, 3.8) is 0 Å². The predicted molar refractivity (Wildman–Crippen MR) is 85.5 cm³/mol. The van der Waals surface area contributed by atoms with E-state index in [1.165, 1.54) is 24.3 Å². The maximum Gasteiger partial charge on any atom is 0.264 e. The highest BCUT2D eigenvalue weighted by Crippen LogP contribution is 2.17. The molecule has 0 radical (unpaired) electrons. The van der Waals surface area contributed by atoms with Gasteiger partial charge in [0.25, 0.3) is 5.91 Å². The van der Waals surface area contributed by atoms with Gasteiger partial charge in [0, 0.05) is 24.6 Å². The lowest BCUT2D eigenvalue weighted by molar-refractivity contribution is -0.131. The Bertz CT molecular complexity index is 803. The van der Waals surface area contributed by atoms with Crippen LogP contribution < -0.4 is 5.32 Å². The third-order valence-corrected chi connectivity index (χ3v) is 3.75. The number of halogens is 3. The van der Waals surface area contributed by atoms with Crippen LogP contribution in [0.2, 0.25) is 0 Å². The number of hydrogen-bond acceptors (Lipinski definition) is 3. The minimum Gasteiger partial charge on any atom is -0.382 e. The Morgan fingerprint density at radius 1 is 1.12 bits per heavy atom. The summed E-state index contributed by atoms with van der Waals surface area (Å²) in [6.45, 7) is 0.205. The average Bonchev–Trinajstić information content (AvgIpc) is 3.04. The first kappa shape index (κ1) is 17.0. The number of benzene rings is 2. The van der Waals surface area contributed by atoms with Gasteiger partial charge in [0.2, 0.25) is 6.10 Å². The minimum absolute atomic E-state index is 0.205. The van der Waals surface area contributed by atoms with E-state index < -0.39 is 23.6 Å². The van der Waals surface area contributed by atoms with E-state index >= 15 is 0 Å². The largest absolute Gasteiger partial charge is 0.382 e. The van der Waals surface area contributed by atoms with Gasteiger partial charge in [-0.1, -0.05) is 17.3 Å². The van der Waals surface area contributed by atoms with Gasteiger partial charge >= 0.3 is 0 Å². The second-order valence-electron chi connectivity index (χ2n) is 5.67. The quantitative estimate of drug-likeness (QED) is 0.903. The molecule has 2 aromatic rings. The summed E-state index contributed by atoms with van der Waals surface area (Å²) in [4.78, 5) is 17.2. The number of carbonyl (C=O) groups excluding carboxylic acids is 1. The lowest BCUT2D eigenvalue weighted by atomic mass is 10.0. The molecule has 0 saturated carbocycles. The predicted octanol–water partition coefficient (Wildman–Crippen LogP) is 2.96. The van der Waals surface area contributed by atoms with Crippen molar-refractivity contribution in [1.29, 1.82) is 0 Å². The molecule has 3 rings (SSSR count). The summed E-state index contributed by atoms with van der Waals surface area (Å²) in [6.07, 6.45) is -0.295. The monoisotopic (exact) mass is 348 g/mol. The number of carbonyl (C=O) groups is 1. The fourth-order valence-electron chi connectivity index (χ4n) is 2.56. The molecule has 0 fully saturated rings. The summed E-state index contributed by atoms with van der Waals surface area (Å²) in [5.41, 5.74) is 1.50. The van der Waals surface area contributed by atoms with Crippen LogP contribution in [0.15, 0.2) is 47.6 Å².